The summed E-state index contributed by atoms with van der Waals surface area (Å²) in [6.07, 6.45) is -0.150. The highest BCUT2D eigenvalue weighted by Crippen LogP contribution is 2.12. The van der Waals surface area contributed by atoms with Gasteiger partial charge in [0.1, 0.15) is 5.75 Å². The van der Waals surface area contributed by atoms with E-state index >= 15 is 0 Å². The summed E-state index contributed by atoms with van der Waals surface area (Å²) in [6.45, 7) is 1.82. The van der Waals surface area contributed by atoms with Crippen LogP contribution in [0, 0.1) is 0 Å². The van der Waals surface area contributed by atoms with E-state index < -0.39 is 6.10 Å². The molecule has 0 spiro atoms. The third-order valence-corrected chi connectivity index (χ3v) is 2.29. The fraction of sp³-hybridized carbons (Fsp3) is 0.455. The first-order chi connectivity index (χ1) is 6.63. The summed E-state index contributed by atoms with van der Waals surface area (Å²) in [5, 5.41) is 18.7. The van der Waals surface area contributed by atoms with Crippen LogP contribution in [0.4, 0.5) is 0 Å². The number of aliphatic hydroxyl groups is 1. The molecular weight excluding hydrogens is 180 g/mol. The van der Waals surface area contributed by atoms with E-state index in [4.69, 9.17) is 9.84 Å². The van der Waals surface area contributed by atoms with Gasteiger partial charge in [-0.25, -0.2) is 0 Å². The third kappa shape index (κ3) is 3.01. The maximum Gasteiger partial charge on any atom is 0.115 e. The second kappa shape index (κ2) is 4.98. The summed E-state index contributed by atoms with van der Waals surface area (Å²) in [5.74, 6) is 0.239. The van der Waals surface area contributed by atoms with Gasteiger partial charge in [0, 0.05) is 13.5 Å². The van der Waals surface area contributed by atoms with Crippen molar-refractivity contribution in [3.63, 3.8) is 0 Å². The lowest BCUT2D eigenvalue weighted by atomic mass is 10.0. The van der Waals surface area contributed by atoms with Crippen molar-refractivity contribution in [1.82, 2.24) is 0 Å². The van der Waals surface area contributed by atoms with Crippen LogP contribution in [0.2, 0.25) is 0 Å². The average Bonchev–Trinajstić information content (AvgIpc) is 2.20. The zero-order chi connectivity index (χ0) is 10.6. The van der Waals surface area contributed by atoms with Gasteiger partial charge in [-0.1, -0.05) is 12.1 Å². The van der Waals surface area contributed by atoms with E-state index in [0.29, 0.717) is 6.42 Å². The van der Waals surface area contributed by atoms with Gasteiger partial charge in [-0.3, -0.25) is 0 Å². The number of methoxy groups -OCH3 is 1. The summed E-state index contributed by atoms with van der Waals surface area (Å²) >= 11 is 0. The molecule has 0 aliphatic rings. The maximum absolute atomic E-state index is 9.65. The van der Waals surface area contributed by atoms with Crippen LogP contribution < -0.4 is 0 Å². The van der Waals surface area contributed by atoms with Crippen LogP contribution in [-0.4, -0.2) is 29.5 Å². The first-order valence-corrected chi connectivity index (χ1v) is 4.62. The summed E-state index contributed by atoms with van der Waals surface area (Å²) < 4.78 is 5.01. The predicted octanol–water partition coefficient (Wildman–Crippen LogP) is 1.33. The zero-order valence-corrected chi connectivity index (χ0v) is 8.47. The van der Waals surface area contributed by atoms with Gasteiger partial charge in [0.2, 0.25) is 0 Å². The molecule has 1 rings (SSSR count). The molecule has 0 aliphatic heterocycles. The standard InChI is InChI=1S/C11H16O3/c1-8(14-2)11(13)7-9-3-5-10(12)6-4-9/h3-6,8,11-13H,7H2,1-2H3. The quantitative estimate of drug-likeness (QED) is 0.763. The van der Waals surface area contributed by atoms with Gasteiger partial charge in [-0.15, -0.1) is 0 Å². The molecule has 2 unspecified atom stereocenters. The van der Waals surface area contributed by atoms with E-state index in [1.54, 1.807) is 31.4 Å². The molecule has 2 atom stereocenters. The predicted molar refractivity (Wildman–Crippen MR) is 54.3 cm³/mol. The van der Waals surface area contributed by atoms with Crippen molar-refractivity contribution in [3.05, 3.63) is 29.8 Å². The minimum absolute atomic E-state index is 0.177. The molecule has 0 aliphatic carbocycles. The second-order valence-corrected chi connectivity index (χ2v) is 3.38. The SMILES string of the molecule is COC(C)C(O)Cc1ccc(O)cc1. The van der Waals surface area contributed by atoms with Gasteiger partial charge >= 0.3 is 0 Å². The average molecular weight is 196 g/mol. The van der Waals surface area contributed by atoms with Crippen molar-refractivity contribution in [2.24, 2.45) is 0 Å². The van der Waals surface area contributed by atoms with Crippen molar-refractivity contribution < 1.29 is 14.9 Å². The molecule has 2 N–H and O–H groups in total. The van der Waals surface area contributed by atoms with Gasteiger partial charge < -0.3 is 14.9 Å². The van der Waals surface area contributed by atoms with E-state index in [-0.39, 0.29) is 11.9 Å². The molecule has 0 radical (unpaired) electrons. The van der Waals surface area contributed by atoms with Gasteiger partial charge in [-0.2, -0.15) is 0 Å². The maximum atomic E-state index is 9.65. The van der Waals surface area contributed by atoms with E-state index in [1.165, 1.54) is 0 Å². The highest BCUT2D eigenvalue weighted by Gasteiger charge is 2.13. The molecule has 3 nitrogen and oxygen atoms in total. The molecule has 0 saturated carbocycles. The number of hydrogen-bond donors (Lipinski definition) is 2. The van der Waals surface area contributed by atoms with Crippen molar-refractivity contribution in [1.29, 1.82) is 0 Å². The first kappa shape index (κ1) is 11.0. The van der Waals surface area contributed by atoms with E-state index in [2.05, 4.69) is 0 Å². The van der Waals surface area contributed by atoms with Crippen LogP contribution in [0.1, 0.15) is 12.5 Å². The smallest absolute Gasteiger partial charge is 0.115 e. The normalized spacial score (nSPS) is 15.1. The topological polar surface area (TPSA) is 49.7 Å². The van der Waals surface area contributed by atoms with Crippen molar-refractivity contribution in [2.75, 3.05) is 7.11 Å². The number of aliphatic hydroxyl groups excluding tert-OH is 1. The molecule has 0 heterocycles. The highest BCUT2D eigenvalue weighted by atomic mass is 16.5. The zero-order valence-electron chi connectivity index (χ0n) is 8.47. The first-order valence-electron chi connectivity index (χ1n) is 4.62. The summed E-state index contributed by atoms with van der Waals surface area (Å²) in [5.41, 5.74) is 0.985. The fourth-order valence-electron chi connectivity index (χ4n) is 1.20. The van der Waals surface area contributed by atoms with Crippen LogP contribution in [0.25, 0.3) is 0 Å². The molecule has 0 amide bonds. The molecule has 0 bridgehead atoms. The van der Waals surface area contributed by atoms with Crippen LogP contribution in [-0.2, 0) is 11.2 Å². The molecule has 78 valence electrons. The van der Waals surface area contributed by atoms with Crippen molar-refractivity contribution >= 4 is 0 Å². The van der Waals surface area contributed by atoms with Gasteiger partial charge in [-0.05, 0) is 24.6 Å². The molecule has 0 fully saturated rings. The summed E-state index contributed by atoms with van der Waals surface area (Å²) in [7, 11) is 1.57. The molecule has 1 aromatic carbocycles. The minimum atomic E-state index is -0.510. The largest absolute Gasteiger partial charge is 0.508 e. The number of phenols is 1. The summed E-state index contributed by atoms with van der Waals surface area (Å²) in [6, 6.07) is 6.81. The van der Waals surface area contributed by atoms with Crippen molar-refractivity contribution in [2.45, 2.75) is 25.6 Å². The van der Waals surface area contributed by atoms with E-state index in [1.807, 2.05) is 6.92 Å². The third-order valence-electron chi connectivity index (χ3n) is 2.29. The number of hydrogen-bond acceptors (Lipinski definition) is 3. The van der Waals surface area contributed by atoms with Gasteiger partial charge in [0.05, 0.1) is 12.2 Å². The Balaban J connectivity index is 2.56. The van der Waals surface area contributed by atoms with E-state index in [0.717, 1.165) is 5.56 Å². The number of benzene rings is 1. The number of phenolic OH excluding ortho intramolecular Hbond substituents is 1. The molecule has 0 aromatic heterocycles. The Bertz CT molecular complexity index is 268. The Morgan fingerprint density at radius 3 is 2.36 bits per heavy atom. The molecule has 1 aromatic rings. The Kier molecular flexibility index (Phi) is 3.92. The number of aromatic hydroxyl groups is 1. The Labute approximate surface area is 84.0 Å². The Morgan fingerprint density at radius 1 is 1.29 bits per heavy atom. The Morgan fingerprint density at radius 2 is 1.86 bits per heavy atom. The monoisotopic (exact) mass is 196 g/mol. The second-order valence-electron chi connectivity index (χ2n) is 3.38. The fourth-order valence-corrected chi connectivity index (χ4v) is 1.20. The Hall–Kier alpha value is -1.06. The molecule has 3 heteroatoms. The lowest BCUT2D eigenvalue weighted by molar-refractivity contribution is 0.000403. The van der Waals surface area contributed by atoms with Crippen molar-refractivity contribution in [3.8, 4) is 5.75 Å². The van der Waals surface area contributed by atoms with Crippen LogP contribution in [0.5, 0.6) is 5.75 Å². The van der Waals surface area contributed by atoms with Crippen LogP contribution in [0.15, 0.2) is 24.3 Å². The molecule has 0 saturated heterocycles. The van der Waals surface area contributed by atoms with Crippen LogP contribution >= 0.6 is 0 Å². The van der Waals surface area contributed by atoms with E-state index in [9.17, 15) is 5.11 Å². The lowest BCUT2D eigenvalue weighted by Gasteiger charge is -2.17. The van der Waals surface area contributed by atoms with Gasteiger partial charge in [0.15, 0.2) is 0 Å². The number of ether oxygens (including phenoxy) is 1. The minimum Gasteiger partial charge on any atom is -0.508 e. The number of rotatable bonds is 4. The lowest BCUT2D eigenvalue weighted by Crippen LogP contribution is -2.26. The molecule has 14 heavy (non-hydrogen) atoms. The van der Waals surface area contributed by atoms with Crippen LogP contribution in [0.3, 0.4) is 0 Å². The molecular formula is C11H16O3. The van der Waals surface area contributed by atoms with Gasteiger partial charge in [0.25, 0.3) is 0 Å². The highest BCUT2D eigenvalue weighted by molar-refractivity contribution is 5.26. The summed E-state index contributed by atoms with van der Waals surface area (Å²) in [4.78, 5) is 0.